The number of aromatic nitrogens is 1. The number of cyclic esters (lactones) is 2. The molecule has 2 aliphatic rings. The van der Waals surface area contributed by atoms with Gasteiger partial charge in [-0.05, 0) is 19.3 Å². The van der Waals surface area contributed by atoms with Crippen molar-refractivity contribution in [1.82, 2.24) is 4.98 Å². The smallest absolute Gasteiger partial charge is 0.324 e. The Morgan fingerprint density at radius 2 is 2.25 bits per heavy atom. The van der Waals surface area contributed by atoms with E-state index in [1.807, 2.05) is 5.38 Å². The minimum absolute atomic E-state index is 0.227. The lowest BCUT2D eigenvalue weighted by atomic mass is 9.78. The summed E-state index contributed by atoms with van der Waals surface area (Å²) in [5.74, 6) is -0.496. The molecule has 1 N–H and O–H groups in total. The lowest BCUT2D eigenvalue weighted by molar-refractivity contribution is -0.160. The van der Waals surface area contributed by atoms with Crippen LogP contribution in [0.15, 0.2) is 18.0 Å². The van der Waals surface area contributed by atoms with E-state index in [-0.39, 0.29) is 12.8 Å². The predicted octanol–water partition coefficient (Wildman–Crippen LogP) is 3.27. The Kier molecular flexibility index (Phi) is 6.09. The molecule has 0 aromatic carbocycles. The molecule has 154 valence electrons. The van der Waals surface area contributed by atoms with Crippen LogP contribution in [0.4, 0.5) is 5.13 Å². The van der Waals surface area contributed by atoms with E-state index in [4.69, 9.17) is 14.2 Å². The summed E-state index contributed by atoms with van der Waals surface area (Å²) in [5.41, 5.74) is -1.58. The fraction of sp³-hybridized carbons (Fsp3) is 0.650. The number of carbonyl (C=O) groups excluding carboxylic acids is 2. The highest BCUT2D eigenvalue weighted by Crippen LogP contribution is 2.52. The molecule has 1 aromatic rings. The third-order valence-electron chi connectivity index (χ3n) is 5.18. The monoisotopic (exact) mass is 408 g/mol. The molecule has 0 saturated carbocycles. The molecule has 3 heterocycles. The van der Waals surface area contributed by atoms with Crippen molar-refractivity contribution >= 4 is 28.4 Å². The quantitative estimate of drug-likeness (QED) is 0.290. The van der Waals surface area contributed by atoms with E-state index in [1.165, 1.54) is 11.3 Å². The number of carbonyl (C=O) groups is 2. The van der Waals surface area contributed by atoms with Gasteiger partial charge in [0.2, 0.25) is 0 Å². The third kappa shape index (κ3) is 4.07. The van der Waals surface area contributed by atoms with Gasteiger partial charge in [0.25, 0.3) is 0 Å². The van der Waals surface area contributed by atoms with Crippen LogP contribution in [-0.2, 0) is 29.4 Å². The second-order valence-electron chi connectivity index (χ2n) is 8.08. The predicted molar refractivity (Wildman–Crippen MR) is 106 cm³/mol. The Balaban J connectivity index is 1.66. The number of hydrogen-bond acceptors (Lipinski definition) is 8. The maximum absolute atomic E-state index is 12.7. The van der Waals surface area contributed by atoms with E-state index in [2.05, 4.69) is 30.7 Å². The molecule has 2 saturated heterocycles. The first kappa shape index (κ1) is 20.8. The van der Waals surface area contributed by atoms with Crippen molar-refractivity contribution in [2.24, 2.45) is 11.3 Å². The van der Waals surface area contributed by atoms with Crippen LogP contribution in [-0.4, -0.2) is 42.8 Å². The molecule has 0 unspecified atom stereocenters. The van der Waals surface area contributed by atoms with Crippen LogP contribution in [0.5, 0.6) is 0 Å². The van der Waals surface area contributed by atoms with Gasteiger partial charge in [0, 0.05) is 31.4 Å². The molecule has 1 aromatic heterocycles. The maximum atomic E-state index is 12.7. The first-order valence-corrected chi connectivity index (χ1v) is 10.5. The van der Waals surface area contributed by atoms with E-state index in [0.717, 1.165) is 11.6 Å². The van der Waals surface area contributed by atoms with Crippen LogP contribution >= 0.6 is 11.3 Å². The number of anilines is 1. The molecule has 0 aliphatic carbocycles. The summed E-state index contributed by atoms with van der Waals surface area (Å²) in [5, 5.41) is 5.69. The lowest BCUT2D eigenvalue weighted by Crippen LogP contribution is -2.32. The minimum Gasteiger partial charge on any atom is -0.459 e. The summed E-state index contributed by atoms with van der Waals surface area (Å²) in [6.07, 6.45) is 2.77. The summed E-state index contributed by atoms with van der Waals surface area (Å²) in [6, 6.07) is 0. The second-order valence-corrected chi connectivity index (χ2v) is 8.93. The molecule has 7 nitrogen and oxygen atoms in total. The molecule has 1 spiro atoms. The average molecular weight is 409 g/mol. The van der Waals surface area contributed by atoms with Crippen LogP contribution in [0.25, 0.3) is 0 Å². The lowest BCUT2D eigenvalue weighted by Gasteiger charge is -2.20. The van der Waals surface area contributed by atoms with Crippen molar-refractivity contribution in [3.63, 3.8) is 0 Å². The molecule has 28 heavy (non-hydrogen) atoms. The fourth-order valence-electron chi connectivity index (χ4n) is 3.60. The molecule has 2 fully saturated rings. The van der Waals surface area contributed by atoms with Crippen molar-refractivity contribution in [3.8, 4) is 0 Å². The fourth-order valence-corrected chi connectivity index (χ4v) is 4.45. The highest BCUT2D eigenvalue weighted by Gasteiger charge is 2.65. The molecule has 8 heteroatoms. The van der Waals surface area contributed by atoms with Crippen molar-refractivity contribution in [3.05, 3.63) is 23.7 Å². The first-order chi connectivity index (χ1) is 13.3. The van der Waals surface area contributed by atoms with Gasteiger partial charge in [-0.25, -0.2) is 4.98 Å². The first-order valence-electron chi connectivity index (χ1n) is 9.62. The Labute approximate surface area is 169 Å². The molecule has 0 radical (unpaired) electrons. The minimum atomic E-state index is -1.26. The number of rotatable bonds is 9. The molecule has 0 amide bonds. The van der Waals surface area contributed by atoms with Gasteiger partial charge in [0.15, 0.2) is 16.1 Å². The Morgan fingerprint density at radius 1 is 1.46 bits per heavy atom. The number of thiazole rings is 1. The van der Waals surface area contributed by atoms with E-state index in [9.17, 15) is 9.59 Å². The summed E-state index contributed by atoms with van der Waals surface area (Å²) >= 11 is 1.43. The van der Waals surface area contributed by atoms with Crippen molar-refractivity contribution in [2.45, 2.75) is 51.7 Å². The number of nitrogens with one attached hydrogen (secondary N) is 1. The molecule has 2 aliphatic heterocycles. The zero-order chi connectivity index (χ0) is 20.4. The van der Waals surface area contributed by atoms with Crippen LogP contribution in [0.1, 0.15) is 45.7 Å². The number of esters is 2. The Hall–Kier alpha value is -1.93. The Morgan fingerprint density at radius 3 is 2.96 bits per heavy atom. The number of nitrogens with zero attached hydrogens (tertiary/aromatic N) is 1. The summed E-state index contributed by atoms with van der Waals surface area (Å²) < 4.78 is 16.8. The maximum Gasteiger partial charge on any atom is 0.324 e. The van der Waals surface area contributed by atoms with Gasteiger partial charge in [-0.3, -0.25) is 9.59 Å². The van der Waals surface area contributed by atoms with Gasteiger partial charge in [0.05, 0.1) is 12.3 Å². The van der Waals surface area contributed by atoms with Crippen molar-refractivity contribution < 1.29 is 23.8 Å². The zero-order valence-electron chi connectivity index (χ0n) is 16.7. The molecule has 3 atom stereocenters. The topological polar surface area (TPSA) is 86.8 Å². The van der Waals surface area contributed by atoms with E-state index >= 15 is 0 Å². The molecular weight excluding hydrogens is 380 g/mol. The van der Waals surface area contributed by atoms with Crippen LogP contribution in [0.2, 0.25) is 0 Å². The van der Waals surface area contributed by atoms with Gasteiger partial charge in [-0.15, -0.1) is 17.9 Å². The van der Waals surface area contributed by atoms with Gasteiger partial charge >= 0.3 is 11.9 Å². The van der Waals surface area contributed by atoms with Crippen LogP contribution in [0.3, 0.4) is 0 Å². The highest BCUT2D eigenvalue weighted by atomic mass is 32.1. The standard InChI is InChI=1S/C20H28N2O5S/c1-5-7-21-18-22-15(11-28-18)19(4)12-20(17(24)27-19)9-14(26-16(20)23)10-25-8-6-13(2)3/h5,11,13-14H,1,6-10,12H2,2-4H3,(H,21,22)/t14-,19-,20+/m0/s1. The van der Waals surface area contributed by atoms with Gasteiger partial charge in [0.1, 0.15) is 6.10 Å². The van der Waals surface area contributed by atoms with Crippen LogP contribution < -0.4 is 5.32 Å². The highest BCUT2D eigenvalue weighted by molar-refractivity contribution is 7.13. The van der Waals surface area contributed by atoms with Gasteiger partial charge in [-0.2, -0.15) is 0 Å². The van der Waals surface area contributed by atoms with E-state index in [1.54, 1.807) is 13.0 Å². The molecule has 0 bridgehead atoms. The SMILES string of the molecule is C=CCNc1nc([C@]2(C)C[C@@]3(C[C@@H](COCCC(C)C)OC3=O)C(=O)O2)cs1. The van der Waals surface area contributed by atoms with Gasteiger partial charge < -0.3 is 19.5 Å². The summed E-state index contributed by atoms with van der Waals surface area (Å²) in [6.45, 7) is 11.2. The van der Waals surface area contributed by atoms with E-state index in [0.29, 0.717) is 31.4 Å². The van der Waals surface area contributed by atoms with Crippen molar-refractivity contribution in [1.29, 1.82) is 0 Å². The second kappa shape index (κ2) is 8.21. The van der Waals surface area contributed by atoms with Gasteiger partial charge in [-0.1, -0.05) is 19.9 Å². The molecular formula is C20H28N2O5S. The normalized spacial score (nSPS) is 29.4. The summed E-state index contributed by atoms with van der Waals surface area (Å²) in [4.78, 5) is 29.8. The average Bonchev–Trinajstić information content (AvgIpc) is 3.29. The number of ether oxygens (including phenoxy) is 3. The summed E-state index contributed by atoms with van der Waals surface area (Å²) in [7, 11) is 0. The van der Waals surface area contributed by atoms with Crippen molar-refractivity contribution in [2.75, 3.05) is 25.1 Å². The molecule has 3 rings (SSSR count). The third-order valence-corrected chi connectivity index (χ3v) is 5.98. The Bertz CT molecular complexity index is 749. The zero-order valence-corrected chi connectivity index (χ0v) is 17.5. The van der Waals surface area contributed by atoms with Crippen LogP contribution in [0, 0.1) is 11.3 Å². The van der Waals surface area contributed by atoms with E-state index < -0.39 is 29.1 Å². The largest absolute Gasteiger partial charge is 0.459 e. The number of hydrogen-bond donors (Lipinski definition) is 1.